The van der Waals surface area contributed by atoms with E-state index in [0.717, 1.165) is 23.0 Å². The van der Waals surface area contributed by atoms with Gasteiger partial charge in [0.1, 0.15) is 5.01 Å². The first-order valence-corrected chi connectivity index (χ1v) is 5.82. The van der Waals surface area contributed by atoms with E-state index in [4.69, 9.17) is 0 Å². The smallest absolute Gasteiger partial charge is 0.205 e. The van der Waals surface area contributed by atoms with Crippen LogP contribution < -0.4 is 5.32 Å². The highest BCUT2D eigenvalue weighted by Crippen LogP contribution is 2.24. The molecule has 0 bridgehead atoms. The molecule has 76 valence electrons. The van der Waals surface area contributed by atoms with Crippen LogP contribution in [0.25, 0.3) is 0 Å². The van der Waals surface area contributed by atoms with Gasteiger partial charge in [-0.1, -0.05) is 37.3 Å². The van der Waals surface area contributed by atoms with Gasteiger partial charge in [-0.25, -0.2) is 0 Å². The molecule has 1 heterocycles. The van der Waals surface area contributed by atoms with Crippen molar-refractivity contribution in [3.05, 3.63) is 17.2 Å². The quantitative estimate of drug-likeness (QED) is 0.778. The molecule has 0 atom stereocenters. The van der Waals surface area contributed by atoms with Crippen molar-refractivity contribution in [3.8, 4) is 0 Å². The second kappa shape index (κ2) is 4.09. The minimum Gasteiger partial charge on any atom is -0.357 e. The average Bonchev–Trinajstić information content (AvgIpc) is 2.75. The predicted molar refractivity (Wildman–Crippen MR) is 59.8 cm³/mol. The summed E-state index contributed by atoms with van der Waals surface area (Å²) in [4.78, 5) is 0. The summed E-state index contributed by atoms with van der Waals surface area (Å²) in [5.74, 6) is 0.477. The molecule has 3 nitrogen and oxygen atoms in total. The van der Waals surface area contributed by atoms with Crippen molar-refractivity contribution < 1.29 is 0 Å². The third-order valence-electron chi connectivity index (χ3n) is 2.27. The summed E-state index contributed by atoms with van der Waals surface area (Å²) in [7, 11) is 0. The molecule has 0 amide bonds. The molecule has 0 fully saturated rings. The maximum absolute atomic E-state index is 4.14. The number of rotatable bonds is 3. The summed E-state index contributed by atoms with van der Waals surface area (Å²) >= 11 is 1.67. The van der Waals surface area contributed by atoms with Crippen molar-refractivity contribution in [2.75, 3.05) is 5.32 Å². The average molecular weight is 209 g/mol. The summed E-state index contributed by atoms with van der Waals surface area (Å²) in [6.45, 7) is 4.28. The van der Waals surface area contributed by atoms with E-state index >= 15 is 0 Å². The largest absolute Gasteiger partial charge is 0.357 e. The van der Waals surface area contributed by atoms with Crippen LogP contribution in [-0.2, 0) is 0 Å². The first kappa shape index (κ1) is 9.65. The minimum atomic E-state index is 0.477. The number of hydrogen-bond acceptors (Lipinski definition) is 4. The summed E-state index contributed by atoms with van der Waals surface area (Å²) < 4.78 is 0. The first-order chi connectivity index (χ1) is 6.75. The lowest BCUT2D eigenvalue weighted by Crippen LogP contribution is -2.14. The molecule has 0 spiro atoms. The highest BCUT2D eigenvalue weighted by molar-refractivity contribution is 7.15. The van der Waals surface area contributed by atoms with Crippen molar-refractivity contribution in [2.24, 2.45) is 0 Å². The maximum atomic E-state index is 4.14. The monoisotopic (exact) mass is 209 g/mol. The molecule has 1 aromatic heterocycles. The summed E-state index contributed by atoms with van der Waals surface area (Å²) in [6.07, 6.45) is 6.64. The predicted octanol–water partition coefficient (Wildman–Crippen LogP) is 2.79. The van der Waals surface area contributed by atoms with Crippen LogP contribution >= 0.6 is 11.3 Å². The van der Waals surface area contributed by atoms with Crippen LogP contribution in [0.15, 0.2) is 12.2 Å². The van der Waals surface area contributed by atoms with Crippen LogP contribution in [0.5, 0.6) is 0 Å². The zero-order valence-electron chi connectivity index (χ0n) is 8.53. The maximum Gasteiger partial charge on any atom is 0.205 e. The Morgan fingerprint density at radius 2 is 2.07 bits per heavy atom. The van der Waals surface area contributed by atoms with Gasteiger partial charge < -0.3 is 5.32 Å². The second-order valence-electron chi connectivity index (χ2n) is 3.88. The minimum absolute atomic E-state index is 0.477. The van der Waals surface area contributed by atoms with E-state index in [1.54, 1.807) is 11.3 Å². The fraction of sp³-hybridized carbons (Fsp3) is 0.600. The third kappa shape index (κ3) is 2.12. The van der Waals surface area contributed by atoms with Crippen molar-refractivity contribution in [3.63, 3.8) is 0 Å². The van der Waals surface area contributed by atoms with Gasteiger partial charge in [-0.3, -0.25) is 0 Å². The lowest BCUT2D eigenvalue weighted by Gasteiger charge is -2.08. The summed E-state index contributed by atoms with van der Waals surface area (Å²) in [5.41, 5.74) is 0. The lowest BCUT2D eigenvalue weighted by molar-refractivity contribution is 0.778. The Hall–Kier alpha value is -0.900. The zero-order valence-corrected chi connectivity index (χ0v) is 9.34. The number of anilines is 1. The van der Waals surface area contributed by atoms with E-state index in [9.17, 15) is 0 Å². The van der Waals surface area contributed by atoms with Crippen LogP contribution in [0.1, 0.15) is 37.6 Å². The fourth-order valence-electron chi connectivity index (χ4n) is 1.44. The van der Waals surface area contributed by atoms with E-state index < -0.39 is 0 Å². The summed E-state index contributed by atoms with van der Waals surface area (Å²) in [6, 6.07) is 0.531. The van der Waals surface area contributed by atoms with E-state index in [1.807, 2.05) is 0 Å². The molecule has 1 aliphatic carbocycles. The Labute approximate surface area is 88.3 Å². The van der Waals surface area contributed by atoms with Crippen LogP contribution in [0, 0.1) is 0 Å². The van der Waals surface area contributed by atoms with Gasteiger partial charge in [0.25, 0.3) is 0 Å². The standard InChI is InChI=1S/C10H15N3S/c1-7(2)9-12-13-10(14-9)11-8-5-3-4-6-8/h3-4,7-8H,5-6H2,1-2H3,(H,11,13). The fourth-order valence-corrected chi connectivity index (χ4v) is 2.26. The highest BCUT2D eigenvalue weighted by atomic mass is 32.1. The van der Waals surface area contributed by atoms with E-state index in [1.165, 1.54) is 0 Å². The molecular weight excluding hydrogens is 194 g/mol. The molecule has 14 heavy (non-hydrogen) atoms. The number of hydrogen-bond donors (Lipinski definition) is 1. The van der Waals surface area contributed by atoms with Crippen LogP contribution in [0.4, 0.5) is 5.13 Å². The first-order valence-electron chi connectivity index (χ1n) is 5.00. The molecule has 0 radical (unpaired) electrons. The van der Waals surface area contributed by atoms with Crippen LogP contribution in [0.2, 0.25) is 0 Å². The summed E-state index contributed by atoms with van der Waals surface area (Å²) in [5, 5.41) is 13.7. The van der Waals surface area contributed by atoms with Gasteiger partial charge in [-0.05, 0) is 12.8 Å². The van der Waals surface area contributed by atoms with E-state index in [0.29, 0.717) is 12.0 Å². The van der Waals surface area contributed by atoms with Crippen molar-refractivity contribution in [2.45, 2.75) is 38.6 Å². The Kier molecular flexibility index (Phi) is 2.82. The Morgan fingerprint density at radius 3 is 2.64 bits per heavy atom. The number of nitrogens with one attached hydrogen (secondary N) is 1. The normalized spacial score (nSPS) is 16.8. The zero-order chi connectivity index (χ0) is 9.97. The Bertz CT molecular complexity index is 322. The Morgan fingerprint density at radius 1 is 1.36 bits per heavy atom. The van der Waals surface area contributed by atoms with Crippen LogP contribution in [0.3, 0.4) is 0 Å². The lowest BCUT2D eigenvalue weighted by atomic mass is 10.2. The third-order valence-corrected chi connectivity index (χ3v) is 3.43. The molecule has 1 N–H and O–H groups in total. The SMILES string of the molecule is CC(C)c1nnc(NC2CC=CC2)s1. The van der Waals surface area contributed by atoms with Gasteiger partial charge in [0, 0.05) is 12.0 Å². The van der Waals surface area contributed by atoms with Gasteiger partial charge in [0.05, 0.1) is 0 Å². The van der Waals surface area contributed by atoms with Crippen molar-refractivity contribution in [1.82, 2.24) is 10.2 Å². The van der Waals surface area contributed by atoms with Crippen LogP contribution in [-0.4, -0.2) is 16.2 Å². The van der Waals surface area contributed by atoms with E-state index in [2.05, 4.69) is 41.5 Å². The van der Waals surface area contributed by atoms with Gasteiger partial charge in [-0.2, -0.15) is 0 Å². The van der Waals surface area contributed by atoms with E-state index in [-0.39, 0.29) is 0 Å². The molecule has 0 aromatic carbocycles. The molecular formula is C10H15N3S. The molecule has 2 rings (SSSR count). The van der Waals surface area contributed by atoms with Gasteiger partial charge in [0.15, 0.2) is 0 Å². The molecule has 0 aliphatic heterocycles. The molecule has 4 heteroatoms. The van der Waals surface area contributed by atoms with Gasteiger partial charge >= 0.3 is 0 Å². The molecule has 0 saturated carbocycles. The number of nitrogens with zero attached hydrogens (tertiary/aromatic N) is 2. The van der Waals surface area contributed by atoms with Crippen molar-refractivity contribution >= 4 is 16.5 Å². The van der Waals surface area contributed by atoms with Gasteiger partial charge in [-0.15, -0.1) is 10.2 Å². The topological polar surface area (TPSA) is 37.8 Å². The Balaban J connectivity index is 1.96. The highest BCUT2D eigenvalue weighted by Gasteiger charge is 2.13. The molecule has 1 aromatic rings. The molecule has 0 unspecified atom stereocenters. The van der Waals surface area contributed by atoms with Gasteiger partial charge in [0.2, 0.25) is 5.13 Å². The molecule has 0 saturated heterocycles. The molecule has 1 aliphatic rings. The van der Waals surface area contributed by atoms with Crippen molar-refractivity contribution in [1.29, 1.82) is 0 Å². The second-order valence-corrected chi connectivity index (χ2v) is 4.89. The number of aromatic nitrogens is 2.